The second kappa shape index (κ2) is 4.53. The topological polar surface area (TPSA) is 49.8 Å². The van der Waals surface area contributed by atoms with Gasteiger partial charge in [-0.2, -0.15) is 0 Å². The van der Waals surface area contributed by atoms with Crippen LogP contribution in [0.2, 0.25) is 0 Å². The summed E-state index contributed by atoms with van der Waals surface area (Å²) in [6.07, 6.45) is 2.20. The maximum absolute atomic E-state index is 12.2. The van der Waals surface area contributed by atoms with E-state index in [1.54, 1.807) is 17.0 Å². The number of carbonyl (C=O) groups is 1. The van der Waals surface area contributed by atoms with E-state index in [0.717, 1.165) is 18.6 Å². The lowest BCUT2D eigenvalue weighted by molar-refractivity contribution is -0.0958. The SMILES string of the molecule is CCOc1ccc(C(=O)N2CC(O)(C3CC3)C2)cc1. The number of rotatable bonds is 4. The number of aliphatic hydroxyl groups is 1. The standard InChI is InChI=1S/C15H19NO3/c1-2-19-13-7-3-11(4-8-13)14(17)16-9-15(18,10-16)12-5-6-12/h3-4,7-8,12,18H,2,5-6,9-10H2,1H3. The average molecular weight is 261 g/mol. The van der Waals surface area contributed by atoms with Gasteiger partial charge >= 0.3 is 0 Å². The quantitative estimate of drug-likeness (QED) is 0.897. The van der Waals surface area contributed by atoms with Gasteiger partial charge in [-0.05, 0) is 49.9 Å². The van der Waals surface area contributed by atoms with E-state index in [0.29, 0.717) is 31.2 Å². The molecule has 0 aromatic heterocycles. The van der Waals surface area contributed by atoms with Crippen molar-refractivity contribution in [3.63, 3.8) is 0 Å². The highest BCUT2D eigenvalue weighted by Crippen LogP contribution is 2.44. The maximum atomic E-state index is 12.2. The third kappa shape index (κ3) is 2.32. The van der Waals surface area contributed by atoms with Crippen LogP contribution in [-0.2, 0) is 0 Å². The van der Waals surface area contributed by atoms with Gasteiger partial charge < -0.3 is 14.7 Å². The number of likely N-dealkylation sites (tertiary alicyclic amines) is 1. The van der Waals surface area contributed by atoms with E-state index in [1.165, 1.54) is 0 Å². The van der Waals surface area contributed by atoms with Crippen molar-refractivity contribution in [2.75, 3.05) is 19.7 Å². The fourth-order valence-corrected chi connectivity index (χ4v) is 2.68. The first kappa shape index (κ1) is 12.5. The molecule has 1 heterocycles. The summed E-state index contributed by atoms with van der Waals surface area (Å²) in [5, 5.41) is 10.2. The molecule has 4 heteroatoms. The lowest BCUT2D eigenvalue weighted by Crippen LogP contribution is -2.64. The van der Waals surface area contributed by atoms with E-state index < -0.39 is 5.60 Å². The molecule has 1 aliphatic carbocycles. The summed E-state index contributed by atoms with van der Waals surface area (Å²) >= 11 is 0. The van der Waals surface area contributed by atoms with Gasteiger partial charge in [0.05, 0.1) is 19.7 Å². The summed E-state index contributed by atoms with van der Waals surface area (Å²) in [6.45, 7) is 3.50. The molecule has 1 N–H and O–H groups in total. The normalized spacial score (nSPS) is 20.8. The number of hydrogen-bond donors (Lipinski definition) is 1. The lowest BCUT2D eigenvalue weighted by Gasteiger charge is -2.47. The molecule has 1 amide bonds. The van der Waals surface area contributed by atoms with E-state index in [2.05, 4.69) is 0 Å². The smallest absolute Gasteiger partial charge is 0.254 e. The third-order valence-corrected chi connectivity index (χ3v) is 3.97. The van der Waals surface area contributed by atoms with Gasteiger partial charge in [0.1, 0.15) is 11.4 Å². The van der Waals surface area contributed by atoms with Gasteiger partial charge in [0, 0.05) is 5.56 Å². The van der Waals surface area contributed by atoms with Crippen molar-refractivity contribution < 1.29 is 14.6 Å². The molecular weight excluding hydrogens is 242 g/mol. The Hall–Kier alpha value is -1.55. The fraction of sp³-hybridized carbons (Fsp3) is 0.533. The van der Waals surface area contributed by atoms with Gasteiger partial charge in [-0.3, -0.25) is 4.79 Å². The van der Waals surface area contributed by atoms with Gasteiger partial charge in [-0.25, -0.2) is 0 Å². The molecule has 2 fully saturated rings. The van der Waals surface area contributed by atoms with Crippen LogP contribution >= 0.6 is 0 Å². The van der Waals surface area contributed by atoms with Crippen molar-refractivity contribution >= 4 is 5.91 Å². The average Bonchev–Trinajstić information content (AvgIpc) is 3.20. The van der Waals surface area contributed by atoms with Gasteiger partial charge in [0.2, 0.25) is 0 Å². The van der Waals surface area contributed by atoms with Crippen LogP contribution in [-0.4, -0.2) is 41.2 Å². The molecule has 2 aliphatic rings. The molecule has 102 valence electrons. The zero-order chi connectivity index (χ0) is 13.5. The van der Waals surface area contributed by atoms with E-state index in [-0.39, 0.29) is 5.91 Å². The Balaban J connectivity index is 1.61. The Morgan fingerprint density at radius 2 is 2.00 bits per heavy atom. The van der Waals surface area contributed by atoms with Crippen LogP contribution in [0.5, 0.6) is 5.75 Å². The van der Waals surface area contributed by atoms with E-state index in [1.807, 2.05) is 19.1 Å². The van der Waals surface area contributed by atoms with Crippen molar-refractivity contribution in [2.24, 2.45) is 5.92 Å². The van der Waals surface area contributed by atoms with Crippen LogP contribution in [0.1, 0.15) is 30.1 Å². The maximum Gasteiger partial charge on any atom is 0.254 e. The lowest BCUT2D eigenvalue weighted by atomic mass is 9.88. The van der Waals surface area contributed by atoms with Crippen LogP contribution < -0.4 is 4.74 Å². The third-order valence-electron chi connectivity index (χ3n) is 3.97. The number of carbonyl (C=O) groups excluding carboxylic acids is 1. The minimum absolute atomic E-state index is 0.00614. The molecule has 1 aromatic carbocycles. The van der Waals surface area contributed by atoms with E-state index in [4.69, 9.17) is 4.74 Å². The highest BCUT2D eigenvalue weighted by molar-refractivity contribution is 5.95. The summed E-state index contributed by atoms with van der Waals surface area (Å²) in [6, 6.07) is 7.18. The molecule has 1 aliphatic heterocycles. The molecule has 19 heavy (non-hydrogen) atoms. The second-order valence-electron chi connectivity index (χ2n) is 5.50. The molecule has 0 bridgehead atoms. The van der Waals surface area contributed by atoms with Gasteiger partial charge in [-0.1, -0.05) is 0 Å². The minimum Gasteiger partial charge on any atom is -0.494 e. The molecule has 0 radical (unpaired) electrons. The summed E-state index contributed by atoms with van der Waals surface area (Å²) in [7, 11) is 0. The molecular formula is C15H19NO3. The second-order valence-corrected chi connectivity index (χ2v) is 5.50. The first-order chi connectivity index (χ1) is 9.12. The minimum atomic E-state index is -0.610. The molecule has 0 unspecified atom stereocenters. The fourth-order valence-electron chi connectivity index (χ4n) is 2.68. The predicted molar refractivity (Wildman–Crippen MR) is 71.2 cm³/mol. The highest BCUT2D eigenvalue weighted by atomic mass is 16.5. The summed E-state index contributed by atoms with van der Waals surface area (Å²) in [5.74, 6) is 1.18. The molecule has 1 saturated heterocycles. The zero-order valence-electron chi connectivity index (χ0n) is 11.1. The summed E-state index contributed by atoms with van der Waals surface area (Å²) in [5.41, 5.74) is 0.0438. The molecule has 0 spiro atoms. The molecule has 3 rings (SSSR count). The number of β-amino-alcohol motifs (C(OH)–C–C–N with tert-alkyl or cyclic N) is 1. The predicted octanol–water partition coefficient (Wildman–Crippen LogP) is 1.68. The van der Waals surface area contributed by atoms with Crippen LogP contribution in [0, 0.1) is 5.92 Å². The summed E-state index contributed by atoms with van der Waals surface area (Å²) < 4.78 is 5.35. The van der Waals surface area contributed by atoms with Crippen molar-refractivity contribution in [3.8, 4) is 5.75 Å². The first-order valence-electron chi connectivity index (χ1n) is 6.87. The summed E-state index contributed by atoms with van der Waals surface area (Å²) in [4.78, 5) is 13.9. The Morgan fingerprint density at radius 3 is 2.53 bits per heavy atom. The van der Waals surface area contributed by atoms with E-state index >= 15 is 0 Å². The monoisotopic (exact) mass is 261 g/mol. The Bertz CT molecular complexity index is 473. The van der Waals surface area contributed by atoms with Gasteiger partial charge in [-0.15, -0.1) is 0 Å². The zero-order valence-corrected chi connectivity index (χ0v) is 11.1. The number of benzene rings is 1. The first-order valence-corrected chi connectivity index (χ1v) is 6.87. The molecule has 0 atom stereocenters. The van der Waals surface area contributed by atoms with Crippen molar-refractivity contribution in [1.82, 2.24) is 4.90 Å². The number of nitrogens with zero attached hydrogens (tertiary/aromatic N) is 1. The number of hydrogen-bond acceptors (Lipinski definition) is 3. The van der Waals surface area contributed by atoms with Gasteiger partial charge in [0.15, 0.2) is 0 Å². The highest BCUT2D eigenvalue weighted by Gasteiger charge is 2.53. The van der Waals surface area contributed by atoms with Crippen LogP contribution in [0.3, 0.4) is 0 Å². The number of ether oxygens (including phenoxy) is 1. The van der Waals surface area contributed by atoms with Crippen molar-refractivity contribution in [1.29, 1.82) is 0 Å². The molecule has 4 nitrogen and oxygen atoms in total. The largest absolute Gasteiger partial charge is 0.494 e. The van der Waals surface area contributed by atoms with Crippen LogP contribution in [0.4, 0.5) is 0 Å². The van der Waals surface area contributed by atoms with Crippen LogP contribution in [0.25, 0.3) is 0 Å². The van der Waals surface area contributed by atoms with E-state index in [9.17, 15) is 9.90 Å². The Labute approximate surface area is 113 Å². The number of amides is 1. The van der Waals surface area contributed by atoms with Gasteiger partial charge in [0.25, 0.3) is 5.91 Å². The van der Waals surface area contributed by atoms with Crippen LogP contribution in [0.15, 0.2) is 24.3 Å². The Kier molecular flexibility index (Phi) is 2.97. The molecule has 1 aromatic rings. The Morgan fingerprint density at radius 1 is 1.37 bits per heavy atom. The van der Waals surface area contributed by atoms with Crippen molar-refractivity contribution in [2.45, 2.75) is 25.4 Å². The van der Waals surface area contributed by atoms with Crippen molar-refractivity contribution in [3.05, 3.63) is 29.8 Å². The molecule has 1 saturated carbocycles.